The quantitative estimate of drug-likeness (QED) is 0.584. The summed E-state index contributed by atoms with van der Waals surface area (Å²) >= 11 is 0. The van der Waals surface area contributed by atoms with Gasteiger partial charge in [-0.1, -0.05) is 26.8 Å². The van der Waals surface area contributed by atoms with Crippen LogP contribution in [0.25, 0.3) is 0 Å². The van der Waals surface area contributed by atoms with E-state index in [0.29, 0.717) is 18.3 Å². The molecule has 1 aliphatic carbocycles. The van der Waals surface area contributed by atoms with E-state index < -0.39 is 0 Å². The molecular weight excluding hydrogens is 200 g/mol. The maximum Gasteiger partial charge on any atom is 0.311 e. The van der Waals surface area contributed by atoms with Crippen molar-refractivity contribution in [3.63, 3.8) is 0 Å². The molecule has 0 bridgehead atoms. The summed E-state index contributed by atoms with van der Waals surface area (Å²) in [5.41, 5.74) is 2.39. The number of esters is 1. The van der Waals surface area contributed by atoms with Crippen LogP contribution >= 0.6 is 0 Å². The summed E-state index contributed by atoms with van der Waals surface area (Å²) in [5, 5.41) is 0. The lowest BCUT2D eigenvalue weighted by molar-refractivity contribution is -0.150. The minimum absolute atomic E-state index is 0.00252. The normalized spacial score (nSPS) is 33.1. The molecule has 1 heterocycles. The Morgan fingerprint density at radius 2 is 2.00 bits per heavy atom. The van der Waals surface area contributed by atoms with Crippen LogP contribution < -0.4 is 0 Å². The molecular formula is C14H20O2. The van der Waals surface area contributed by atoms with Crippen LogP contribution in [-0.4, -0.2) is 5.97 Å². The molecule has 88 valence electrons. The average molecular weight is 220 g/mol. The predicted octanol–water partition coefficient (Wildman–Crippen LogP) is 3.45. The highest BCUT2D eigenvalue weighted by Crippen LogP contribution is 2.49. The van der Waals surface area contributed by atoms with Gasteiger partial charge in [0.1, 0.15) is 5.76 Å². The predicted molar refractivity (Wildman–Crippen MR) is 63.6 cm³/mol. The second-order valence-electron chi connectivity index (χ2n) is 5.82. The standard InChI is InChI=1S/C14H20O2/c1-8-6-9(2)12-13(10(8)3)16-11(15)7-14(12,4)5/h6,9,12H,7H2,1-5H3. The van der Waals surface area contributed by atoms with Crippen LogP contribution in [0.1, 0.15) is 41.0 Å². The van der Waals surface area contributed by atoms with Gasteiger partial charge in [-0.25, -0.2) is 0 Å². The summed E-state index contributed by atoms with van der Waals surface area (Å²) in [6.07, 6.45) is 2.82. The van der Waals surface area contributed by atoms with E-state index in [1.165, 1.54) is 5.57 Å². The molecule has 16 heavy (non-hydrogen) atoms. The molecule has 0 amide bonds. The minimum atomic E-state index is -0.0856. The molecule has 0 spiro atoms. The smallest absolute Gasteiger partial charge is 0.311 e. The summed E-state index contributed by atoms with van der Waals surface area (Å²) in [6.45, 7) is 10.7. The Kier molecular flexibility index (Phi) is 2.48. The topological polar surface area (TPSA) is 26.3 Å². The average Bonchev–Trinajstić information content (AvgIpc) is 2.11. The Balaban J connectivity index is 2.51. The largest absolute Gasteiger partial charge is 0.430 e. The molecule has 1 saturated heterocycles. The SMILES string of the molecule is CC1=CC(C)C2C(=C1C)OC(=O)CC2(C)C. The molecule has 2 heteroatoms. The van der Waals surface area contributed by atoms with Crippen LogP contribution in [0.5, 0.6) is 0 Å². The first kappa shape index (κ1) is 11.4. The van der Waals surface area contributed by atoms with Crippen molar-refractivity contribution in [3.05, 3.63) is 23.0 Å². The molecule has 0 aromatic rings. The molecule has 2 rings (SSSR count). The van der Waals surface area contributed by atoms with Gasteiger partial charge in [0.25, 0.3) is 0 Å². The number of hydrogen-bond acceptors (Lipinski definition) is 2. The van der Waals surface area contributed by atoms with Gasteiger partial charge >= 0.3 is 5.97 Å². The second kappa shape index (κ2) is 3.47. The molecule has 0 aromatic carbocycles. The van der Waals surface area contributed by atoms with Gasteiger partial charge < -0.3 is 4.74 Å². The second-order valence-corrected chi connectivity index (χ2v) is 5.82. The Morgan fingerprint density at radius 1 is 1.38 bits per heavy atom. The number of rotatable bonds is 0. The fourth-order valence-corrected chi connectivity index (χ4v) is 3.13. The van der Waals surface area contributed by atoms with Crippen LogP contribution in [0, 0.1) is 17.3 Å². The van der Waals surface area contributed by atoms with Gasteiger partial charge in [-0.2, -0.15) is 0 Å². The number of allylic oxidation sites excluding steroid dienone is 4. The zero-order valence-corrected chi connectivity index (χ0v) is 10.8. The Hall–Kier alpha value is -1.05. The Bertz CT molecular complexity index is 399. The summed E-state index contributed by atoms with van der Waals surface area (Å²) < 4.78 is 5.48. The monoisotopic (exact) mass is 220 g/mol. The summed E-state index contributed by atoms with van der Waals surface area (Å²) in [4.78, 5) is 11.6. The van der Waals surface area contributed by atoms with Crippen molar-refractivity contribution >= 4 is 5.97 Å². The van der Waals surface area contributed by atoms with Crippen molar-refractivity contribution in [1.29, 1.82) is 0 Å². The van der Waals surface area contributed by atoms with Crippen LogP contribution in [-0.2, 0) is 9.53 Å². The lowest BCUT2D eigenvalue weighted by atomic mass is 9.65. The molecule has 0 saturated carbocycles. The minimum Gasteiger partial charge on any atom is -0.430 e. The van der Waals surface area contributed by atoms with Crippen molar-refractivity contribution in [2.45, 2.75) is 41.0 Å². The van der Waals surface area contributed by atoms with Gasteiger partial charge in [0.2, 0.25) is 0 Å². The molecule has 1 aliphatic heterocycles. The van der Waals surface area contributed by atoms with E-state index in [1.54, 1.807) is 0 Å². The van der Waals surface area contributed by atoms with Crippen molar-refractivity contribution in [2.75, 3.05) is 0 Å². The van der Waals surface area contributed by atoms with Gasteiger partial charge in [0.05, 0.1) is 6.42 Å². The molecule has 1 fully saturated rings. The van der Waals surface area contributed by atoms with Gasteiger partial charge in [-0.05, 0) is 36.3 Å². The molecule has 2 atom stereocenters. The van der Waals surface area contributed by atoms with Gasteiger partial charge in [0, 0.05) is 5.92 Å². The molecule has 0 radical (unpaired) electrons. The summed E-state index contributed by atoms with van der Waals surface area (Å²) in [6, 6.07) is 0. The first-order valence-electron chi connectivity index (χ1n) is 5.93. The van der Waals surface area contributed by atoms with E-state index in [4.69, 9.17) is 4.74 Å². The lowest BCUT2D eigenvalue weighted by Crippen LogP contribution is -2.40. The van der Waals surface area contributed by atoms with Gasteiger partial charge in [-0.3, -0.25) is 4.79 Å². The summed E-state index contributed by atoms with van der Waals surface area (Å²) in [5.74, 6) is 1.61. The number of carbonyl (C=O) groups excluding carboxylic acids is 1. The third kappa shape index (κ3) is 1.60. The zero-order valence-electron chi connectivity index (χ0n) is 10.8. The van der Waals surface area contributed by atoms with Crippen molar-refractivity contribution < 1.29 is 9.53 Å². The third-order valence-corrected chi connectivity index (χ3v) is 3.95. The summed E-state index contributed by atoms with van der Waals surface area (Å²) in [7, 11) is 0. The highest BCUT2D eigenvalue weighted by atomic mass is 16.5. The van der Waals surface area contributed by atoms with Crippen LogP contribution in [0.15, 0.2) is 23.0 Å². The van der Waals surface area contributed by atoms with E-state index in [-0.39, 0.29) is 11.4 Å². The number of fused-ring (bicyclic) bond motifs is 1. The van der Waals surface area contributed by atoms with Crippen LogP contribution in [0.2, 0.25) is 0 Å². The fraction of sp³-hybridized carbons (Fsp3) is 0.643. The van der Waals surface area contributed by atoms with E-state index in [9.17, 15) is 4.79 Å². The molecule has 2 nitrogen and oxygen atoms in total. The number of ether oxygens (including phenoxy) is 1. The van der Waals surface area contributed by atoms with E-state index in [2.05, 4.69) is 40.7 Å². The van der Waals surface area contributed by atoms with Crippen molar-refractivity contribution in [2.24, 2.45) is 17.3 Å². The van der Waals surface area contributed by atoms with E-state index in [1.807, 2.05) is 0 Å². The maximum absolute atomic E-state index is 11.6. The zero-order chi connectivity index (χ0) is 12.1. The Labute approximate surface area is 97.4 Å². The molecule has 2 aliphatic rings. The van der Waals surface area contributed by atoms with Crippen LogP contribution in [0.4, 0.5) is 0 Å². The lowest BCUT2D eigenvalue weighted by Gasteiger charge is -2.44. The van der Waals surface area contributed by atoms with Crippen LogP contribution in [0.3, 0.4) is 0 Å². The van der Waals surface area contributed by atoms with E-state index in [0.717, 1.165) is 11.3 Å². The molecule has 0 aromatic heterocycles. The van der Waals surface area contributed by atoms with E-state index >= 15 is 0 Å². The fourth-order valence-electron chi connectivity index (χ4n) is 3.13. The molecule has 2 unspecified atom stereocenters. The first-order valence-corrected chi connectivity index (χ1v) is 5.93. The molecule has 0 N–H and O–H groups in total. The first-order chi connectivity index (χ1) is 7.33. The van der Waals surface area contributed by atoms with Crippen molar-refractivity contribution in [3.8, 4) is 0 Å². The van der Waals surface area contributed by atoms with Crippen molar-refractivity contribution in [1.82, 2.24) is 0 Å². The van der Waals surface area contributed by atoms with Gasteiger partial charge in [-0.15, -0.1) is 0 Å². The highest BCUT2D eigenvalue weighted by molar-refractivity contribution is 5.73. The van der Waals surface area contributed by atoms with Gasteiger partial charge in [0.15, 0.2) is 0 Å². The number of hydrogen-bond donors (Lipinski definition) is 0. The highest BCUT2D eigenvalue weighted by Gasteiger charge is 2.45. The maximum atomic E-state index is 11.6. The Morgan fingerprint density at radius 3 is 2.62 bits per heavy atom. The number of carbonyl (C=O) groups is 1. The third-order valence-electron chi connectivity index (χ3n) is 3.95.